The van der Waals surface area contributed by atoms with Crippen molar-refractivity contribution in [3.8, 4) is 5.75 Å². The van der Waals surface area contributed by atoms with E-state index in [1.807, 2.05) is 13.8 Å². The van der Waals surface area contributed by atoms with Gasteiger partial charge in [-0.05, 0) is 131 Å². The molecule has 6 heterocycles. The van der Waals surface area contributed by atoms with Crippen molar-refractivity contribution in [2.24, 2.45) is 33.8 Å². The monoisotopic (exact) mass is 1920 g/mol. The number of aromatic nitrogens is 2. The van der Waals surface area contributed by atoms with E-state index in [9.17, 15) is 58.2 Å². The molecule has 744 valence electrons. The number of thioether (sulfide) groups is 1. The molecule has 15 atom stereocenters. The third-order valence-corrected chi connectivity index (χ3v) is 26.5. The maximum absolute atomic E-state index is 15.8. The van der Waals surface area contributed by atoms with Gasteiger partial charge in [0.25, 0.3) is 0 Å². The molecule has 4 aliphatic heterocycles. The number of carboxylic acid groups (broad SMARTS) is 1. The number of carbonyl (C=O) groups is 18. The number of nitrogens with zero attached hydrogens (tertiary/aromatic N) is 6. The zero-order chi connectivity index (χ0) is 99.9. The van der Waals surface area contributed by atoms with Gasteiger partial charge in [-0.25, -0.2) is 0 Å². The van der Waals surface area contributed by atoms with Gasteiger partial charge in [-0.15, -0.1) is 11.8 Å². The number of carbonyl (C=O) groups excluding carboxylic acids is 17. The van der Waals surface area contributed by atoms with Crippen LogP contribution in [-0.4, -0.2) is 308 Å². The highest BCUT2D eigenvalue weighted by Crippen LogP contribution is 2.30. The number of nitrogens with two attached hydrogens (primary N) is 4. The number of aliphatic hydroxyl groups excluding tert-OH is 1. The SMILES string of the molecule is CCCC[C@H]1C(=O)N(C)[C@@H](CCCC)C(=O)N[C@@H](CCCN)C(=O)N[C@H](C(=O)CCC(N)=O)CSCC(=O)N[C@@H](Cc2ccc(OC)cc2)C(=O)N(C)[C@@H](C)C(=O)N[C@@H](CC(N)=O)C(=O)N2CCC[C@H]2C(=O)N[C@@H](CC2=CN=CC2)C(=O)N[C@@H](CCCCN)C(=O)N2C[C@H](O)C[C@H]2C(=O)N[C@@H](Cc2c[nH]c3ccccc23)C(=O)C[C@@H](CC(=O)O)C(=O)N[C@@H](Cc2c[nH]c3ccccc23)C(=O)N1C. The van der Waals surface area contributed by atoms with E-state index in [2.05, 4.69) is 57.5 Å². The Morgan fingerprint density at radius 2 is 1.09 bits per heavy atom. The first-order valence-electron chi connectivity index (χ1n) is 46.7. The van der Waals surface area contributed by atoms with Crippen molar-refractivity contribution in [3.05, 3.63) is 114 Å². The number of ketones is 2. The van der Waals surface area contributed by atoms with E-state index in [4.69, 9.17) is 27.7 Å². The number of methoxy groups -OCH3 is 1. The van der Waals surface area contributed by atoms with Crippen molar-refractivity contribution < 1.29 is 101 Å². The van der Waals surface area contributed by atoms with Crippen LogP contribution in [0.5, 0.6) is 5.75 Å². The van der Waals surface area contributed by atoms with E-state index in [1.165, 1.54) is 41.4 Å². The number of para-hydroxylation sites is 2. The number of unbranched alkanes of at least 4 members (excludes halogenated alkanes) is 3. The first-order valence-corrected chi connectivity index (χ1v) is 47.9. The number of hydrogen-bond donors (Lipinski definition) is 16. The van der Waals surface area contributed by atoms with E-state index in [-0.39, 0.29) is 109 Å². The zero-order valence-electron chi connectivity index (χ0n) is 78.7. The standard InChI is InChI=1S/C95H132N20O21S/c1-8-10-26-74-88(128)104-66(25-18-37-97)86(126)110-73(78(117)33-34-80(98)119)52-137-53-82(121)103-70(40-55-29-31-61(136-7)32-30-55)91(131)111(4)54(3)84(124)108-72(47-81(99)120)94(134)114-39-19-28-75(114)89(129)107-69(41-56-35-38-100-48-56)87(127)105-67(24-16-17-36-96)93(133)115-51-60(116)46-77(115)90(130)106-68(42-58-49-101-64-22-14-12-20-62(58)64)79(118)44-57(45-83(122)123)85(125)109-71(43-59-50-102-65-23-15-13-21-63(59)65)92(132)113(6)76(27-11-9-2)95(135)112(74)5/h12-15,20-23,29-32,38,48-50,54,57,60,66-77,101-102,116H,8-11,16-19,24-28,33-37,39-47,51-53,96-97H2,1-7H3,(H2,98,119)(H2,99,120)(H,103,121)(H,104,128)(H,105,127)(H,106,130)(H,107,129)(H,108,124)(H,109,125)(H,110,126)(H,122,123)/t54-,57-,60+,66-,67-,68-,69-,70-,71-,72-,73-,74-,75-,76-,77-/m0/s1. The molecular weight excluding hydrogens is 1790 g/mol. The Kier molecular flexibility index (Phi) is 41.2. The predicted octanol–water partition coefficient (Wildman–Crippen LogP) is 0.521. The molecule has 3 saturated heterocycles. The molecule has 41 nitrogen and oxygen atoms in total. The fourth-order valence-electron chi connectivity index (χ4n) is 17.5. The van der Waals surface area contributed by atoms with Crippen molar-refractivity contribution >= 4 is 146 Å². The van der Waals surface area contributed by atoms with Gasteiger partial charge in [-0.2, -0.15) is 0 Å². The van der Waals surface area contributed by atoms with Crippen LogP contribution in [0.3, 0.4) is 0 Å². The molecule has 0 unspecified atom stereocenters. The molecule has 0 radical (unpaired) electrons. The van der Waals surface area contributed by atoms with Crippen LogP contribution in [0, 0.1) is 5.92 Å². The van der Waals surface area contributed by atoms with Crippen molar-refractivity contribution in [1.29, 1.82) is 0 Å². The molecule has 0 aliphatic carbocycles. The van der Waals surface area contributed by atoms with Gasteiger partial charge in [0.2, 0.25) is 88.6 Å². The number of H-pyrrole nitrogens is 2. The molecule has 0 spiro atoms. The number of fused-ring (bicyclic) bond motifs is 4. The molecule has 20 N–H and O–H groups in total. The number of likely N-dealkylation sites (N-methyl/N-ethyl adjacent to an activating group) is 3. The van der Waals surface area contributed by atoms with Gasteiger partial charge in [-0.1, -0.05) is 88.1 Å². The lowest BCUT2D eigenvalue weighted by Crippen LogP contribution is -2.60. The number of Topliss-reactive ketones (excluding diaryl/α,β-unsaturated/α-hetero) is 2. The van der Waals surface area contributed by atoms with Crippen LogP contribution in [0.15, 0.2) is 102 Å². The number of nitrogens with one attached hydrogen (secondary N) is 10. The van der Waals surface area contributed by atoms with Gasteiger partial charge in [0.1, 0.15) is 72.2 Å². The summed E-state index contributed by atoms with van der Waals surface area (Å²) in [7, 11) is 5.39. The van der Waals surface area contributed by atoms with Gasteiger partial charge in [0.05, 0.1) is 49.8 Å². The van der Waals surface area contributed by atoms with Crippen LogP contribution >= 0.6 is 11.8 Å². The van der Waals surface area contributed by atoms with Gasteiger partial charge in [0.15, 0.2) is 11.6 Å². The normalized spacial score (nSPS) is 25.1. The average molecular weight is 1920 g/mol. The van der Waals surface area contributed by atoms with E-state index < -0.39 is 248 Å². The van der Waals surface area contributed by atoms with Crippen molar-refractivity contribution in [3.63, 3.8) is 0 Å². The topological polar surface area (TPSA) is 617 Å². The summed E-state index contributed by atoms with van der Waals surface area (Å²) in [5, 5.41) is 45.3. The molecule has 0 saturated carbocycles. The molecule has 3 fully saturated rings. The van der Waals surface area contributed by atoms with E-state index in [0.29, 0.717) is 81.9 Å². The molecule has 2 aromatic heterocycles. The van der Waals surface area contributed by atoms with Gasteiger partial charge in [0, 0.05) is 138 Å². The highest BCUT2D eigenvalue weighted by Gasteiger charge is 2.47. The quantitative estimate of drug-likeness (QED) is 0.0279. The summed E-state index contributed by atoms with van der Waals surface area (Å²) < 4.78 is 5.36. The Balaban J connectivity index is 1.11. The second-order valence-corrected chi connectivity index (χ2v) is 36.5. The zero-order valence-corrected chi connectivity index (χ0v) is 79.5. The molecular formula is C95H132N20O21S. The minimum atomic E-state index is -1.79. The Hall–Kier alpha value is -13.0. The highest BCUT2D eigenvalue weighted by molar-refractivity contribution is 8.00. The maximum Gasteiger partial charge on any atom is 0.304 e. The Morgan fingerprint density at radius 3 is 1.71 bits per heavy atom. The first kappa shape index (κ1) is 108. The van der Waals surface area contributed by atoms with E-state index >= 15 is 38.4 Å². The van der Waals surface area contributed by atoms with Crippen LogP contribution in [0.25, 0.3) is 21.8 Å². The maximum atomic E-state index is 15.8. The number of aliphatic imine (C=N–C) groups is 1. The highest BCUT2D eigenvalue weighted by atomic mass is 32.2. The summed E-state index contributed by atoms with van der Waals surface area (Å²) in [6.07, 6.45) is 2.34. The predicted molar refractivity (Wildman–Crippen MR) is 508 cm³/mol. The van der Waals surface area contributed by atoms with Crippen LogP contribution in [0.2, 0.25) is 0 Å². The van der Waals surface area contributed by atoms with Crippen LogP contribution in [-0.2, 0) is 106 Å². The number of primary amides is 2. The summed E-state index contributed by atoms with van der Waals surface area (Å²) in [6, 6.07) is 0.931. The second kappa shape index (κ2) is 52.4. The Bertz CT molecular complexity index is 5220. The molecule has 15 amide bonds. The van der Waals surface area contributed by atoms with Crippen LogP contribution in [0.1, 0.15) is 172 Å². The molecule has 42 heteroatoms. The third kappa shape index (κ3) is 30.3. The molecule has 9 rings (SSSR count). The summed E-state index contributed by atoms with van der Waals surface area (Å²) in [4.78, 5) is 281. The van der Waals surface area contributed by atoms with Gasteiger partial charge >= 0.3 is 5.97 Å². The largest absolute Gasteiger partial charge is 0.497 e. The number of aliphatic carboxylic acids is 1. The number of rotatable bonds is 30. The fraction of sp³-hybridized carbons (Fsp3) is 0.547. The molecule has 0 bridgehead atoms. The lowest BCUT2D eigenvalue weighted by atomic mass is 9.91. The summed E-state index contributed by atoms with van der Waals surface area (Å²) >= 11 is 0.833. The Morgan fingerprint density at radius 1 is 0.533 bits per heavy atom. The lowest BCUT2D eigenvalue weighted by Gasteiger charge is -2.36. The number of carboxylic acids is 1. The van der Waals surface area contributed by atoms with Crippen molar-refractivity contribution in [1.82, 2.24) is 77.0 Å². The van der Waals surface area contributed by atoms with E-state index in [0.717, 1.165) is 36.3 Å². The van der Waals surface area contributed by atoms with Crippen LogP contribution < -0.4 is 70.2 Å². The number of benzene rings is 3. The number of aliphatic hydroxyl groups is 1. The molecule has 4 aliphatic rings. The smallest absolute Gasteiger partial charge is 0.304 e. The first-order chi connectivity index (χ1) is 65.5. The molecule has 137 heavy (non-hydrogen) atoms. The summed E-state index contributed by atoms with van der Waals surface area (Å²) in [5.74, 6) is -18.9. The van der Waals surface area contributed by atoms with Gasteiger partial charge < -0.3 is 115 Å². The number of ether oxygens (including phenoxy) is 1. The summed E-state index contributed by atoms with van der Waals surface area (Å²) in [5.41, 5.74) is 26.5. The Labute approximate surface area is 798 Å². The van der Waals surface area contributed by atoms with Crippen molar-refractivity contribution in [2.45, 2.75) is 260 Å². The van der Waals surface area contributed by atoms with Gasteiger partial charge in [-0.3, -0.25) is 91.3 Å². The minimum Gasteiger partial charge on any atom is -0.497 e. The molecule has 3 aromatic carbocycles. The molecule has 5 aromatic rings. The minimum absolute atomic E-state index is 0.00486. The second-order valence-electron chi connectivity index (χ2n) is 35.5. The lowest BCUT2D eigenvalue weighted by molar-refractivity contribution is -0.150. The van der Waals surface area contributed by atoms with E-state index in [1.54, 1.807) is 91.4 Å². The number of aromatic amines is 2. The fourth-order valence-corrected chi connectivity index (χ4v) is 18.4. The third-order valence-electron chi connectivity index (χ3n) is 25.4. The number of hydrogen-bond acceptors (Lipinski definition) is 24. The number of amides is 15. The average Bonchev–Trinajstić information content (AvgIpc) is 1.79. The van der Waals surface area contributed by atoms with Crippen molar-refractivity contribution in [2.75, 3.05) is 65.9 Å². The van der Waals surface area contributed by atoms with Crippen LogP contribution in [0.4, 0.5) is 0 Å². The summed E-state index contributed by atoms with van der Waals surface area (Å²) in [6.45, 7) is 4.56.